The number of rotatable bonds is 5. The molecule has 32 heavy (non-hydrogen) atoms. The number of hydrogen-bond donors (Lipinski definition) is 3. The van der Waals surface area contributed by atoms with Crippen molar-refractivity contribution in [1.29, 1.82) is 0 Å². The number of carbonyl (C=O) groups is 2. The van der Waals surface area contributed by atoms with Gasteiger partial charge in [0.05, 0.1) is 12.2 Å². The molecule has 3 saturated heterocycles. The van der Waals surface area contributed by atoms with Crippen molar-refractivity contribution in [2.45, 2.75) is 70.0 Å². The van der Waals surface area contributed by atoms with Crippen LogP contribution in [-0.4, -0.2) is 65.8 Å². The third kappa shape index (κ3) is 4.71. The number of hydrogen-bond acceptors (Lipinski definition) is 10. The Morgan fingerprint density at radius 2 is 1.72 bits per heavy atom. The fraction of sp³-hybridized carbons (Fsp3) is 0.600. The van der Waals surface area contributed by atoms with Gasteiger partial charge in [0.2, 0.25) is 5.91 Å². The maximum atomic E-state index is 12.9. The van der Waals surface area contributed by atoms with Gasteiger partial charge in [0.15, 0.2) is 24.0 Å². The monoisotopic (exact) mass is 452 g/mol. The summed E-state index contributed by atoms with van der Waals surface area (Å²) in [4.78, 5) is 25.1. The molecule has 3 fully saturated rings. The first kappa shape index (κ1) is 22.9. The summed E-state index contributed by atoms with van der Waals surface area (Å²) in [7, 11) is 0. The van der Waals surface area contributed by atoms with Crippen LogP contribution < -0.4 is 15.9 Å². The van der Waals surface area contributed by atoms with Crippen LogP contribution >= 0.6 is 0 Å². The molecule has 4 rings (SSSR count). The molecule has 0 bridgehead atoms. The SMILES string of the molecule is CC1(C)O[C@H]2OC(C(=O)NCC(=O)Nc3cccc(N([O-])O)c3)[C@@H]3OC(C)(C)O[C@@H]3[C@H]2O1. The van der Waals surface area contributed by atoms with Crippen molar-refractivity contribution in [3.05, 3.63) is 29.5 Å². The first-order valence-corrected chi connectivity index (χ1v) is 10.1. The quantitative estimate of drug-likeness (QED) is 0.548. The van der Waals surface area contributed by atoms with Gasteiger partial charge in [-0.25, -0.2) is 0 Å². The molecule has 0 saturated carbocycles. The topological polar surface area (TPSA) is 151 Å². The molecule has 5 atom stereocenters. The van der Waals surface area contributed by atoms with Crippen LogP contribution in [0, 0.1) is 5.21 Å². The number of amides is 2. The van der Waals surface area contributed by atoms with E-state index < -0.39 is 54.1 Å². The van der Waals surface area contributed by atoms with Gasteiger partial charge < -0.3 is 44.8 Å². The molecular formula is C20H26N3O9-. The Labute approximate surface area is 184 Å². The van der Waals surface area contributed by atoms with Crippen molar-refractivity contribution in [2.75, 3.05) is 17.1 Å². The lowest BCUT2D eigenvalue weighted by molar-refractivity contribution is -0.231. The summed E-state index contributed by atoms with van der Waals surface area (Å²) in [6.45, 7) is 6.58. The highest BCUT2D eigenvalue weighted by molar-refractivity contribution is 5.95. The van der Waals surface area contributed by atoms with E-state index in [4.69, 9.17) is 28.9 Å². The minimum Gasteiger partial charge on any atom is -0.733 e. The Morgan fingerprint density at radius 1 is 1.06 bits per heavy atom. The summed E-state index contributed by atoms with van der Waals surface area (Å²) < 4.78 is 29.3. The lowest BCUT2D eigenvalue weighted by Gasteiger charge is -2.36. The Hall–Kier alpha value is -2.32. The maximum Gasteiger partial charge on any atom is 0.252 e. The first-order chi connectivity index (χ1) is 14.9. The van der Waals surface area contributed by atoms with E-state index in [0.29, 0.717) is 0 Å². The van der Waals surface area contributed by atoms with E-state index in [-0.39, 0.29) is 23.1 Å². The van der Waals surface area contributed by atoms with Crippen LogP contribution in [0.5, 0.6) is 0 Å². The third-order valence-corrected chi connectivity index (χ3v) is 5.19. The van der Waals surface area contributed by atoms with E-state index in [2.05, 4.69) is 10.6 Å². The average Bonchev–Trinajstić information content (AvgIpc) is 3.19. The minimum absolute atomic E-state index is 0.0502. The molecule has 3 N–H and O–H groups in total. The van der Waals surface area contributed by atoms with Crippen LogP contribution in [0.3, 0.4) is 0 Å². The molecule has 1 aromatic rings. The van der Waals surface area contributed by atoms with E-state index >= 15 is 0 Å². The summed E-state index contributed by atoms with van der Waals surface area (Å²) in [6.07, 6.45) is -3.82. The van der Waals surface area contributed by atoms with E-state index in [9.17, 15) is 14.8 Å². The Morgan fingerprint density at radius 3 is 2.44 bits per heavy atom. The molecule has 3 aliphatic heterocycles. The zero-order chi connectivity index (χ0) is 23.3. The highest BCUT2D eigenvalue weighted by atomic mass is 16.9. The van der Waals surface area contributed by atoms with E-state index in [1.54, 1.807) is 27.7 Å². The van der Waals surface area contributed by atoms with E-state index in [1.807, 2.05) is 0 Å². The van der Waals surface area contributed by atoms with Crippen molar-refractivity contribution in [3.8, 4) is 0 Å². The minimum atomic E-state index is -1.08. The van der Waals surface area contributed by atoms with Gasteiger partial charge in [-0.3, -0.25) is 14.8 Å². The maximum absolute atomic E-state index is 12.9. The molecule has 3 heterocycles. The van der Waals surface area contributed by atoms with Crippen molar-refractivity contribution < 1.29 is 38.5 Å². The fourth-order valence-electron chi connectivity index (χ4n) is 4.00. The molecule has 1 aromatic carbocycles. The van der Waals surface area contributed by atoms with Crippen LogP contribution in [0.15, 0.2) is 24.3 Å². The molecular weight excluding hydrogens is 426 g/mol. The molecule has 0 aromatic heterocycles. The predicted molar refractivity (Wildman–Crippen MR) is 108 cm³/mol. The molecule has 0 spiro atoms. The lowest BCUT2D eigenvalue weighted by Crippen LogP contribution is -2.59. The van der Waals surface area contributed by atoms with Crippen LogP contribution in [0.2, 0.25) is 0 Å². The number of ether oxygens (including phenoxy) is 5. The number of nitrogens with one attached hydrogen (secondary N) is 2. The second-order valence-electron chi connectivity index (χ2n) is 8.68. The second kappa shape index (κ2) is 8.23. The zero-order valence-corrected chi connectivity index (χ0v) is 18.1. The summed E-state index contributed by atoms with van der Waals surface area (Å²) in [6, 6.07) is 5.68. The van der Waals surface area contributed by atoms with Crippen molar-refractivity contribution in [1.82, 2.24) is 5.32 Å². The molecule has 176 valence electrons. The van der Waals surface area contributed by atoms with Crippen LogP contribution in [-0.2, 0) is 33.3 Å². The first-order valence-electron chi connectivity index (χ1n) is 10.1. The fourth-order valence-corrected chi connectivity index (χ4v) is 4.00. The second-order valence-corrected chi connectivity index (χ2v) is 8.68. The van der Waals surface area contributed by atoms with Gasteiger partial charge in [-0.05, 0) is 45.9 Å². The van der Waals surface area contributed by atoms with E-state index in [0.717, 1.165) is 0 Å². The number of anilines is 2. The predicted octanol–water partition coefficient (Wildman–Crippen LogP) is 0.831. The zero-order valence-electron chi connectivity index (χ0n) is 18.1. The lowest BCUT2D eigenvalue weighted by atomic mass is 9.98. The Kier molecular flexibility index (Phi) is 5.88. The summed E-state index contributed by atoms with van der Waals surface area (Å²) in [5.41, 5.74) is 0.229. The van der Waals surface area contributed by atoms with Gasteiger partial charge in [0.1, 0.15) is 18.3 Å². The van der Waals surface area contributed by atoms with Crippen molar-refractivity contribution in [2.24, 2.45) is 0 Å². The summed E-state index contributed by atoms with van der Waals surface area (Å²) >= 11 is 0. The van der Waals surface area contributed by atoms with Crippen molar-refractivity contribution >= 4 is 23.2 Å². The van der Waals surface area contributed by atoms with Gasteiger partial charge in [0, 0.05) is 5.69 Å². The molecule has 12 heteroatoms. The highest BCUT2D eigenvalue weighted by Gasteiger charge is 2.62. The standard InChI is InChI=1S/C20H26N3O9/c1-19(2)29-13-14(30-19)16-18(32-20(3,4)31-16)28-15(13)17(25)21-9-12(24)22-10-6-5-7-11(8-10)23(26)27/h5-8,13-16,18,26H,9H2,1-4H3,(H,21,25)(H,22,24)/q-1/t13-,14+,15?,16-,18-/m1/s1. The molecule has 0 aliphatic carbocycles. The number of fused-ring (bicyclic) bond motifs is 3. The van der Waals surface area contributed by atoms with Gasteiger partial charge in [-0.1, -0.05) is 6.07 Å². The van der Waals surface area contributed by atoms with Gasteiger partial charge in [-0.15, -0.1) is 0 Å². The third-order valence-electron chi connectivity index (χ3n) is 5.19. The number of benzene rings is 1. The number of carbonyl (C=O) groups excluding carboxylic acids is 2. The highest BCUT2D eigenvalue weighted by Crippen LogP contribution is 2.44. The van der Waals surface area contributed by atoms with Crippen molar-refractivity contribution in [3.63, 3.8) is 0 Å². The molecule has 0 radical (unpaired) electrons. The summed E-state index contributed by atoms with van der Waals surface area (Å²) in [5, 5.41) is 24.7. The van der Waals surface area contributed by atoms with Gasteiger partial charge in [-0.2, -0.15) is 0 Å². The smallest absolute Gasteiger partial charge is 0.252 e. The average molecular weight is 452 g/mol. The molecule has 12 nitrogen and oxygen atoms in total. The molecule has 3 aliphatic rings. The Bertz CT molecular complexity index is 891. The van der Waals surface area contributed by atoms with E-state index in [1.165, 1.54) is 24.3 Å². The Balaban J connectivity index is 1.39. The largest absolute Gasteiger partial charge is 0.733 e. The summed E-state index contributed by atoms with van der Waals surface area (Å²) in [5.74, 6) is -2.98. The van der Waals surface area contributed by atoms with Gasteiger partial charge >= 0.3 is 0 Å². The van der Waals surface area contributed by atoms with Crippen LogP contribution in [0.1, 0.15) is 27.7 Å². The normalized spacial score (nSPS) is 32.0. The van der Waals surface area contributed by atoms with Crippen LogP contribution in [0.4, 0.5) is 11.4 Å². The van der Waals surface area contributed by atoms with Crippen LogP contribution in [0.25, 0.3) is 0 Å². The number of nitrogens with zero attached hydrogens (tertiary/aromatic N) is 1. The van der Waals surface area contributed by atoms with Gasteiger partial charge in [0.25, 0.3) is 5.91 Å². The molecule has 2 amide bonds. The molecule has 1 unspecified atom stereocenters.